The zero-order chi connectivity index (χ0) is 26.5. The fraction of sp³-hybridized carbons (Fsp3) is 0.407. The van der Waals surface area contributed by atoms with Gasteiger partial charge in [-0.25, -0.2) is 19.3 Å². The highest BCUT2D eigenvalue weighted by Crippen LogP contribution is 2.35. The number of amides is 1. The van der Waals surface area contributed by atoms with Crippen LogP contribution in [0.1, 0.15) is 31.9 Å². The molecule has 0 radical (unpaired) electrons. The van der Waals surface area contributed by atoms with E-state index in [-0.39, 0.29) is 24.9 Å². The van der Waals surface area contributed by atoms with Crippen molar-refractivity contribution in [3.8, 4) is 22.6 Å². The summed E-state index contributed by atoms with van der Waals surface area (Å²) in [6, 6.07) is 8.19. The van der Waals surface area contributed by atoms with E-state index >= 15 is 0 Å². The van der Waals surface area contributed by atoms with Crippen LogP contribution in [-0.2, 0) is 14.3 Å². The van der Waals surface area contributed by atoms with Gasteiger partial charge in [0.25, 0.3) is 0 Å². The van der Waals surface area contributed by atoms with Gasteiger partial charge in [0.1, 0.15) is 5.82 Å². The minimum Gasteiger partial charge on any atom is -0.352 e. The van der Waals surface area contributed by atoms with Crippen LogP contribution < -0.4 is 16.0 Å². The number of H-pyrrole nitrogens is 1. The Morgan fingerprint density at radius 2 is 1.92 bits per heavy atom. The number of piperidine rings is 1. The van der Waals surface area contributed by atoms with Crippen molar-refractivity contribution in [1.29, 1.82) is 0 Å². The Hall–Kier alpha value is -3.67. The molecule has 0 aliphatic carbocycles. The van der Waals surface area contributed by atoms with Gasteiger partial charge >= 0.3 is 0 Å². The van der Waals surface area contributed by atoms with Crippen molar-refractivity contribution in [3.63, 3.8) is 0 Å². The number of hydrogen-bond donors (Lipinski definition) is 4. The maximum absolute atomic E-state index is 13.7. The second-order valence-corrected chi connectivity index (χ2v) is 9.80. The van der Waals surface area contributed by atoms with E-state index in [1.165, 1.54) is 12.1 Å². The third-order valence-corrected chi connectivity index (χ3v) is 6.71. The van der Waals surface area contributed by atoms with Gasteiger partial charge in [-0.2, -0.15) is 0 Å². The third kappa shape index (κ3) is 5.74. The average molecular weight is 522 g/mol. The van der Waals surface area contributed by atoms with E-state index in [0.29, 0.717) is 47.0 Å². The van der Waals surface area contributed by atoms with Gasteiger partial charge in [0.05, 0.1) is 35.7 Å². The van der Waals surface area contributed by atoms with E-state index in [0.717, 1.165) is 25.9 Å². The minimum atomic E-state index is -0.837. The Morgan fingerprint density at radius 1 is 1.18 bits per heavy atom. The summed E-state index contributed by atoms with van der Waals surface area (Å²) in [5, 5.41) is 9.57. The van der Waals surface area contributed by atoms with Crippen LogP contribution in [0.2, 0.25) is 0 Å². The first-order valence-electron chi connectivity index (χ1n) is 12.7. The molecule has 0 spiro atoms. The van der Waals surface area contributed by atoms with Crippen molar-refractivity contribution in [1.82, 2.24) is 30.6 Å². The first-order valence-corrected chi connectivity index (χ1v) is 12.7. The second-order valence-electron chi connectivity index (χ2n) is 9.80. The van der Waals surface area contributed by atoms with E-state index in [4.69, 9.17) is 19.4 Å². The number of rotatable bonds is 8. The molecule has 0 unspecified atom stereocenters. The molecule has 4 heterocycles. The Balaban J connectivity index is 1.41. The van der Waals surface area contributed by atoms with Gasteiger partial charge in [0, 0.05) is 24.3 Å². The summed E-state index contributed by atoms with van der Waals surface area (Å²) in [5.41, 5.74) is 1.71. The Labute approximate surface area is 220 Å². The monoisotopic (exact) mass is 521 g/mol. The number of aromatic amines is 1. The number of nitrogens with zero attached hydrogens (tertiary/aromatic N) is 3. The van der Waals surface area contributed by atoms with E-state index in [2.05, 4.69) is 32.5 Å². The molecular formula is C27H32FN7O3. The summed E-state index contributed by atoms with van der Waals surface area (Å²) in [7, 11) is 0. The molecule has 1 aromatic carbocycles. The summed E-state index contributed by atoms with van der Waals surface area (Å²) >= 11 is 0. The summed E-state index contributed by atoms with van der Waals surface area (Å²) in [6.07, 6.45) is 4.49. The highest BCUT2D eigenvalue weighted by Gasteiger charge is 2.40. The second kappa shape index (κ2) is 11.4. The van der Waals surface area contributed by atoms with E-state index in [1.807, 2.05) is 0 Å². The van der Waals surface area contributed by atoms with Crippen LogP contribution in [0.25, 0.3) is 22.6 Å². The summed E-state index contributed by atoms with van der Waals surface area (Å²) in [6.45, 7) is 7.99. The molecule has 0 bridgehead atoms. The van der Waals surface area contributed by atoms with Crippen LogP contribution >= 0.6 is 0 Å². The standard InChI is InChI=1S/C27H32FN7O3/c1-3-11-30-25(36)27(2)15-37-24(38-16-27)23-34-21(17-4-6-18(28)7-5-17)22(35-23)20-10-14-31-26(33-20)32-19-8-12-29-13-9-19/h3-7,10,14,19,24,29H,1,8-9,11-13,15-16H2,2H3,(H,30,36)(H,34,35)(H,31,32,33). The van der Waals surface area contributed by atoms with Crippen LogP contribution in [0.15, 0.2) is 49.2 Å². The number of carbonyl (C=O) groups is 1. The molecule has 2 saturated heterocycles. The van der Waals surface area contributed by atoms with Crippen molar-refractivity contribution in [2.24, 2.45) is 5.41 Å². The Kier molecular flexibility index (Phi) is 7.77. The Bertz CT molecular complexity index is 1270. The van der Waals surface area contributed by atoms with Crippen molar-refractivity contribution in [3.05, 3.63) is 60.8 Å². The van der Waals surface area contributed by atoms with Crippen molar-refractivity contribution >= 4 is 11.9 Å². The number of anilines is 1. The van der Waals surface area contributed by atoms with Gasteiger partial charge in [-0.1, -0.05) is 6.08 Å². The van der Waals surface area contributed by atoms with Crippen LogP contribution in [0, 0.1) is 11.2 Å². The number of aromatic nitrogens is 4. The summed E-state index contributed by atoms with van der Waals surface area (Å²) in [4.78, 5) is 29.8. The quantitative estimate of drug-likeness (QED) is 0.333. The molecular weight excluding hydrogens is 489 g/mol. The molecule has 2 fully saturated rings. The van der Waals surface area contributed by atoms with Gasteiger partial charge in [-0.05, 0) is 63.2 Å². The van der Waals surface area contributed by atoms with E-state index in [9.17, 15) is 9.18 Å². The molecule has 2 aliphatic heterocycles. The summed E-state index contributed by atoms with van der Waals surface area (Å²) in [5.74, 6) is 0.452. The van der Waals surface area contributed by atoms with Crippen LogP contribution in [0.5, 0.6) is 0 Å². The maximum Gasteiger partial charge on any atom is 0.230 e. The molecule has 38 heavy (non-hydrogen) atoms. The third-order valence-electron chi connectivity index (χ3n) is 6.71. The molecule has 11 heteroatoms. The topological polar surface area (TPSA) is 126 Å². The molecule has 0 saturated carbocycles. The lowest BCUT2D eigenvalue weighted by atomic mass is 9.91. The predicted octanol–water partition coefficient (Wildman–Crippen LogP) is 3.19. The largest absolute Gasteiger partial charge is 0.352 e. The smallest absolute Gasteiger partial charge is 0.230 e. The molecule has 10 nitrogen and oxygen atoms in total. The number of nitrogens with one attached hydrogen (secondary N) is 4. The molecule has 2 aliphatic rings. The zero-order valence-electron chi connectivity index (χ0n) is 21.3. The first kappa shape index (κ1) is 26.0. The van der Waals surface area contributed by atoms with Gasteiger partial charge in [0.15, 0.2) is 5.82 Å². The van der Waals surface area contributed by atoms with Gasteiger partial charge < -0.3 is 30.4 Å². The number of carbonyl (C=O) groups excluding carboxylic acids is 1. The van der Waals surface area contributed by atoms with Crippen molar-refractivity contribution in [2.75, 3.05) is 38.2 Å². The highest BCUT2D eigenvalue weighted by molar-refractivity contribution is 5.82. The molecule has 2 aromatic heterocycles. The van der Waals surface area contributed by atoms with Gasteiger partial charge in [-0.3, -0.25) is 4.79 Å². The lowest BCUT2D eigenvalue weighted by Gasteiger charge is -2.35. The molecule has 0 atom stereocenters. The fourth-order valence-corrected chi connectivity index (χ4v) is 4.50. The van der Waals surface area contributed by atoms with Crippen molar-refractivity contribution in [2.45, 2.75) is 32.1 Å². The SMILES string of the molecule is C=CCNC(=O)C1(C)COC(c2nc(-c3ccc(F)cc3)c(-c3ccnc(NC4CCNCC4)n3)[nH]2)OC1. The van der Waals surface area contributed by atoms with E-state index < -0.39 is 11.7 Å². The zero-order valence-corrected chi connectivity index (χ0v) is 21.3. The normalized spacial score (nSPS) is 22.1. The number of halogens is 1. The lowest BCUT2D eigenvalue weighted by Crippen LogP contribution is -2.48. The number of benzene rings is 1. The van der Waals surface area contributed by atoms with E-state index in [1.54, 1.807) is 37.4 Å². The number of ether oxygens (including phenoxy) is 2. The lowest BCUT2D eigenvalue weighted by molar-refractivity contribution is -0.230. The van der Waals surface area contributed by atoms with Crippen LogP contribution in [-0.4, -0.2) is 64.7 Å². The first-order chi connectivity index (χ1) is 18.4. The summed E-state index contributed by atoms with van der Waals surface area (Å²) < 4.78 is 25.6. The average Bonchev–Trinajstić information content (AvgIpc) is 3.39. The molecule has 1 amide bonds. The highest BCUT2D eigenvalue weighted by atomic mass is 19.1. The maximum atomic E-state index is 13.7. The predicted molar refractivity (Wildman–Crippen MR) is 140 cm³/mol. The van der Waals surface area contributed by atoms with Crippen LogP contribution in [0.3, 0.4) is 0 Å². The van der Waals surface area contributed by atoms with Gasteiger partial charge in [0.2, 0.25) is 18.1 Å². The molecule has 200 valence electrons. The molecule has 4 N–H and O–H groups in total. The Morgan fingerprint density at radius 3 is 2.63 bits per heavy atom. The van der Waals surface area contributed by atoms with Crippen LogP contribution in [0.4, 0.5) is 10.3 Å². The molecule has 3 aromatic rings. The van der Waals surface area contributed by atoms with Gasteiger partial charge in [-0.15, -0.1) is 6.58 Å². The fourth-order valence-electron chi connectivity index (χ4n) is 4.50. The minimum absolute atomic E-state index is 0.153. The molecule has 5 rings (SSSR count). The number of hydrogen-bond acceptors (Lipinski definition) is 8. The number of imidazole rings is 1. The van der Waals surface area contributed by atoms with Crippen molar-refractivity contribution < 1.29 is 18.7 Å².